The maximum absolute atomic E-state index is 11.5. The van der Waals surface area contributed by atoms with Crippen LogP contribution in [0.4, 0.5) is 4.79 Å². The predicted octanol–water partition coefficient (Wildman–Crippen LogP) is 1.62. The van der Waals surface area contributed by atoms with E-state index in [9.17, 15) is 9.90 Å². The Bertz CT molecular complexity index is 433. The van der Waals surface area contributed by atoms with Crippen LogP contribution in [0.3, 0.4) is 0 Å². The second-order valence-electron chi connectivity index (χ2n) is 4.27. The summed E-state index contributed by atoms with van der Waals surface area (Å²) < 4.78 is 5.42. The van der Waals surface area contributed by atoms with Crippen LogP contribution in [0.5, 0.6) is 0 Å². The minimum atomic E-state index is -0.870. The quantitative estimate of drug-likeness (QED) is 0.880. The van der Waals surface area contributed by atoms with Gasteiger partial charge < -0.3 is 9.84 Å². The van der Waals surface area contributed by atoms with E-state index in [1.54, 1.807) is 6.92 Å². The van der Waals surface area contributed by atoms with Gasteiger partial charge in [-0.05, 0) is 5.56 Å². The summed E-state index contributed by atoms with van der Waals surface area (Å²) in [5, 5.41) is 9.84. The first kappa shape index (κ1) is 12.7. The Kier molecular flexibility index (Phi) is 4.07. The molecule has 2 amide bonds. The topological polar surface area (TPSA) is 62.1 Å². The van der Waals surface area contributed by atoms with E-state index >= 15 is 0 Å². The van der Waals surface area contributed by atoms with Crippen molar-refractivity contribution < 1.29 is 14.6 Å². The molecular weight excluding hydrogens is 232 g/mol. The van der Waals surface area contributed by atoms with Crippen molar-refractivity contribution in [3.8, 4) is 0 Å². The number of carbonyl (C=O) groups is 1. The van der Waals surface area contributed by atoms with Gasteiger partial charge in [0.25, 0.3) is 0 Å². The van der Waals surface area contributed by atoms with Crippen molar-refractivity contribution in [2.75, 3.05) is 6.73 Å². The van der Waals surface area contributed by atoms with E-state index < -0.39 is 12.3 Å². The van der Waals surface area contributed by atoms with Gasteiger partial charge in [0.05, 0.1) is 6.61 Å². The number of carbonyl (C=O) groups excluding carboxylic acids is 1. The molecule has 1 aromatic rings. The summed E-state index contributed by atoms with van der Waals surface area (Å²) in [6.07, 6.45) is 0.589. The lowest BCUT2D eigenvalue weighted by Gasteiger charge is -2.31. The molecule has 0 saturated heterocycles. The Morgan fingerprint density at radius 1 is 1.39 bits per heavy atom. The second-order valence-corrected chi connectivity index (χ2v) is 4.27. The van der Waals surface area contributed by atoms with Gasteiger partial charge in [0.2, 0.25) is 0 Å². The molecular formula is C13H16N2O3. The fourth-order valence-electron chi connectivity index (χ4n) is 1.70. The third kappa shape index (κ3) is 2.94. The molecule has 0 spiro atoms. The second kappa shape index (κ2) is 5.75. The van der Waals surface area contributed by atoms with Crippen LogP contribution in [0.25, 0.3) is 0 Å². The Labute approximate surface area is 106 Å². The number of aliphatic imine (C=N–C) groups is 1. The van der Waals surface area contributed by atoms with Crippen molar-refractivity contribution in [3.05, 3.63) is 35.9 Å². The number of aliphatic hydroxyl groups excluding tert-OH is 1. The molecule has 1 aliphatic heterocycles. The minimum absolute atomic E-state index is 0.0383. The zero-order valence-corrected chi connectivity index (χ0v) is 10.2. The third-order valence-corrected chi connectivity index (χ3v) is 2.80. The van der Waals surface area contributed by atoms with Gasteiger partial charge in [0.15, 0.2) is 0 Å². The van der Waals surface area contributed by atoms with Gasteiger partial charge in [0, 0.05) is 12.1 Å². The molecule has 5 heteroatoms. The van der Waals surface area contributed by atoms with Crippen molar-refractivity contribution in [2.24, 2.45) is 10.9 Å². The Hall–Kier alpha value is -1.72. The average Bonchev–Trinajstić information content (AvgIpc) is 2.39. The molecule has 1 aliphatic rings. The number of nitrogens with zero attached hydrogens (tertiary/aromatic N) is 2. The number of urea groups is 1. The van der Waals surface area contributed by atoms with E-state index in [2.05, 4.69) is 4.99 Å². The highest BCUT2D eigenvalue weighted by Gasteiger charge is 2.29. The van der Waals surface area contributed by atoms with E-state index in [1.165, 1.54) is 11.1 Å². The van der Waals surface area contributed by atoms with Gasteiger partial charge >= 0.3 is 6.03 Å². The maximum atomic E-state index is 11.5. The first-order valence-corrected chi connectivity index (χ1v) is 5.83. The van der Waals surface area contributed by atoms with Gasteiger partial charge in [-0.15, -0.1) is 0 Å². The van der Waals surface area contributed by atoms with Crippen LogP contribution in [0.2, 0.25) is 0 Å². The smallest absolute Gasteiger partial charge is 0.347 e. The molecule has 1 N–H and O–H groups in total. The Morgan fingerprint density at radius 3 is 2.83 bits per heavy atom. The van der Waals surface area contributed by atoms with Gasteiger partial charge in [-0.2, -0.15) is 0 Å². The summed E-state index contributed by atoms with van der Waals surface area (Å²) >= 11 is 0. The van der Waals surface area contributed by atoms with Crippen LogP contribution < -0.4 is 0 Å². The lowest BCUT2D eigenvalue weighted by atomic mass is 10.1. The highest BCUT2D eigenvalue weighted by molar-refractivity contribution is 5.87. The van der Waals surface area contributed by atoms with Gasteiger partial charge in [0.1, 0.15) is 13.0 Å². The van der Waals surface area contributed by atoms with Crippen LogP contribution in [0.1, 0.15) is 12.5 Å². The zero-order chi connectivity index (χ0) is 13.0. The lowest BCUT2D eigenvalue weighted by Crippen LogP contribution is -2.47. The number of amides is 2. The maximum Gasteiger partial charge on any atom is 0.347 e. The van der Waals surface area contributed by atoms with Crippen LogP contribution in [0.15, 0.2) is 35.3 Å². The Morgan fingerprint density at radius 2 is 2.11 bits per heavy atom. The number of rotatable bonds is 4. The predicted molar refractivity (Wildman–Crippen MR) is 67.0 cm³/mol. The normalized spacial score (nSPS) is 23.4. The molecule has 2 rings (SSSR count). The molecule has 0 aromatic heterocycles. The zero-order valence-electron chi connectivity index (χ0n) is 10.2. The standard InChI is InChI=1S/C13H16N2O3/c1-10-7-14-13(17)15(12(10)16)9-18-8-11-5-3-2-4-6-11/h2-7,10,12,16H,8-9H2,1H3. The largest absolute Gasteiger partial charge is 0.373 e. The van der Waals surface area contributed by atoms with E-state index in [-0.39, 0.29) is 12.6 Å². The summed E-state index contributed by atoms with van der Waals surface area (Å²) in [4.78, 5) is 16.4. The molecule has 18 heavy (non-hydrogen) atoms. The average molecular weight is 248 g/mol. The molecule has 1 aromatic carbocycles. The highest BCUT2D eigenvalue weighted by atomic mass is 16.5. The van der Waals surface area contributed by atoms with Crippen LogP contribution in [0, 0.1) is 5.92 Å². The molecule has 0 radical (unpaired) electrons. The molecule has 2 unspecified atom stereocenters. The molecule has 0 fully saturated rings. The fourth-order valence-corrected chi connectivity index (χ4v) is 1.70. The highest BCUT2D eigenvalue weighted by Crippen LogP contribution is 2.14. The number of hydrogen-bond acceptors (Lipinski definition) is 3. The van der Waals surface area contributed by atoms with E-state index in [1.807, 2.05) is 30.3 Å². The fraction of sp³-hybridized carbons (Fsp3) is 0.385. The van der Waals surface area contributed by atoms with Gasteiger partial charge in [-0.1, -0.05) is 37.3 Å². The molecule has 0 aliphatic carbocycles. The van der Waals surface area contributed by atoms with Crippen molar-refractivity contribution >= 4 is 12.2 Å². The molecule has 1 heterocycles. The minimum Gasteiger partial charge on any atom is -0.373 e. The number of ether oxygens (including phenoxy) is 1. The van der Waals surface area contributed by atoms with Crippen LogP contribution in [-0.4, -0.2) is 35.2 Å². The van der Waals surface area contributed by atoms with Crippen molar-refractivity contribution in [3.63, 3.8) is 0 Å². The lowest BCUT2D eigenvalue weighted by molar-refractivity contribution is -0.0603. The first-order chi connectivity index (χ1) is 8.68. The van der Waals surface area contributed by atoms with Crippen molar-refractivity contribution in [2.45, 2.75) is 19.8 Å². The van der Waals surface area contributed by atoms with E-state index in [0.717, 1.165) is 5.56 Å². The van der Waals surface area contributed by atoms with Gasteiger partial charge in [-0.3, -0.25) is 4.90 Å². The van der Waals surface area contributed by atoms with E-state index in [4.69, 9.17) is 4.74 Å². The molecule has 0 saturated carbocycles. The Balaban J connectivity index is 1.86. The number of aliphatic hydroxyl groups is 1. The first-order valence-electron chi connectivity index (χ1n) is 5.83. The summed E-state index contributed by atoms with van der Waals surface area (Å²) in [6, 6.07) is 9.19. The molecule has 2 atom stereocenters. The summed E-state index contributed by atoms with van der Waals surface area (Å²) in [7, 11) is 0. The SMILES string of the molecule is CC1C=NC(=O)N(COCc2ccccc2)C1O. The van der Waals surface area contributed by atoms with Crippen LogP contribution >= 0.6 is 0 Å². The number of benzene rings is 1. The third-order valence-electron chi connectivity index (χ3n) is 2.80. The van der Waals surface area contributed by atoms with E-state index in [0.29, 0.717) is 6.61 Å². The van der Waals surface area contributed by atoms with Crippen molar-refractivity contribution in [1.82, 2.24) is 4.90 Å². The number of hydrogen-bond donors (Lipinski definition) is 1. The van der Waals surface area contributed by atoms with Crippen molar-refractivity contribution in [1.29, 1.82) is 0 Å². The summed E-state index contributed by atoms with van der Waals surface area (Å²) in [5.74, 6) is -0.178. The summed E-state index contributed by atoms with van der Waals surface area (Å²) in [5.41, 5.74) is 1.02. The van der Waals surface area contributed by atoms with Crippen LogP contribution in [-0.2, 0) is 11.3 Å². The molecule has 96 valence electrons. The summed E-state index contributed by atoms with van der Waals surface area (Å²) in [6.45, 7) is 2.23. The molecule has 5 nitrogen and oxygen atoms in total. The van der Waals surface area contributed by atoms with Gasteiger partial charge in [-0.25, -0.2) is 9.79 Å². The molecule has 0 bridgehead atoms. The monoisotopic (exact) mass is 248 g/mol.